The van der Waals surface area contributed by atoms with Crippen LogP contribution >= 0.6 is 0 Å². The third kappa shape index (κ3) is 4.97. The molecule has 0 aliphatic carbocycles. The van der Waals surface area contributed by atoms with Gasteiger partial charge in [-0.2, -0.15) is 26.3 Å². The molecule has 0 N–H and O–H groups in total. The Labute approximate surface area is 190 Å². The predicted octanol–water partition coefficient (Wildman–Crippen LogP) is 5.14. The third-order valence-corrected chi connectivity index (χ3v) is 5.51. The van der Waals surface area contributed by atoms with Crippen LogP contribution in [0.4, 0.5) is 32.2 Å². The Hall–Kier alpha value is -3.63. The molecule has 11 heteroatoms. The molecule has 2 aromatic carbocycles. The Morgan fingerprint density at radius 1 is 0.735 bits per heavy atom. The fraction of sp³-hybridized carbons (Fsp3) is 0.261. The van der Waals surface area contributed by atoms with Crippen LogP contribution in [0, 0.1) is 0 Å². The number of aromatic nitrogens is 2. The summed E-state index contributed by atoms with van der Waals surface area (Å²) in [6.45, 7) is 1.09. The highest BCUT2D eigenvalue weighted by Gasteiger charge is 2.36. The van der Waals surface area contributed by atoms with Gasteiger partial charge in [0.15, 0.2) is 5.82 Å². The number of alkyl halides is 6. The molecule has 2 heterocycles. The monoisotopic (exact) mass is 480 g/mol. The molecule has 1 aromatic heterocycles. The van der Waals surface area contributed by atoms with E-state index < -0.39 is 29.4 Å². The first-order chi connectivity index (χ1) is 16.0. The SMILES string of the molecule is O=C(c1ccccc1C(F)(F)F)N1CCN(c2ccc(-c3ccc(C(F)(F)F)cc3)nn2)CC1. The van der Waals surface area contributed by atoms with Gasteiger partial charge in [-0.1, -0.05) is 24.3 Å². The molecule has 1 amide bonds. The number of amides is 1. The number of piperazine rings is 1. The van der Waals surface area contributed by atoms with Crippen molar-refractivity contribution in [3.05, 3.63) is 77.4 Å². The molecular formula is C23H18F6N4O. The number of benzene rings is 2. The van der Waals surface area contributed by atoms with Gasteiger partial charge < -0.3 is 9.80 Å². The van der Waals surface area contributed by atoms with Crippen molar-refractivity contribution in [2.24, 2.45) is 0 Å². The number of hydrogen-bond donors (Lipinski definition) is 0. The normalized spacial score (nSPS) is 14.9. The number of halogens is 6. The van der Waals surface area contributed by atoms with Crippen molar-refractivity contribution in [2.75, 3.05) is 31.1 Å². The van der Waals surface area contributed by atoms with Gasteiger partial charge in [0.2, 0.25) is 0 Å². The van der Waals surface area contributed by atoms with Gasteiger partial charge in [0.25, 0.3) is 5.91 Å². The first kappa shape index (κ1) is 23.5. The zero-order valence-corrected chi connectivity index (χ0v) is 17.6. The maximum Gasteiger partial charge on any atom is 0.417 e. The first-order valence-electron chi connectivity index (χ1n) is 10.3. The van der Waals surface area contributed by atoms with Gasteiger partial charge in [-0.25, -0.2) is 0 Å². The Bertz CT molecular complexity index is 1150. The van der Waals surface area contributed by atoms with Crippen LogP contribution in [0.3, 0.4) is 0 Å². The van der Waals surface area contributed by atoms with E-state index in [1.54, 1.807) is 12.1 Å². The third-order valence-electron chi connectivity index (χ3n) is 5.51. The van der Waals surface area contributed by atoms with Gasteiger partial charge in [0.05, 0.1) is 22.4 Å². The molecule has 34 heavy (non-hydrogen) atoms. The zero-order valence-electron chi connectivity index (χ0n) is 17.6. The van der Waals surface area contributed by atoms with Crippen LogP contribution in [-0.2, 0) is 12.4 Å². The van der Waals surface area contributed by atoms with E-state index in [1.165, 1.54) is 35.2 Å². The van der Waals surface area contributed by atoms with Crippen LogP contribution in [-0.4, -0.2) is 47.2 Å². The molecule has 0 atom stereocenters. The minimum atomic E-state index is -4.63. The van der Waals surface area contributed by atoms with Gasteiger partial charge >= 0.3 is 12.4 Å². The molecule has 4 rings (SSSR count). The molecule has 0 radical (unpaired) electrons. The van der Waals surface area contributed by atoms with E-state index in [2.05, 4.69) is 10.2 Å². The number of nitrogens with zero attached hydrogens (tertiary/aromatic N) is 4. The number of hydrogen-bond acceptors (Lipinski definition) is 4. The molecule has 0 spiro atoms. The van der Waals surface area contributed by atoms with E-state index in [1.807, 2.05) is 4.90 Å². The van der Waals surface area contributed by atoms with Crippen LogP contribution in [0.15, 0.2) is 60.7 Å². The zero-order chi connectivity index (χ0) is 24.5. The number of carbonyl (C=O) groups is 1. The highest BCUT2D eigenvalue weighted by atomic mass is 19.4. The predicted molar refractivity (Wildman–Crippen MR) is 112 cm³/mol. The molecule has 3 aromatic rings. The second-order valence-corrected chi connectivity index (χ2v) is 7.67. The summed E-state index contributed by atoms with van der Waals surface area (Å²) in [5.74, 6) is -0.185. The van der Waals surface area contributed by atoms with Crippen LogP contribution in [0.5, 0.6) is 0 Å². The summed E-state index contributed by atoms with van der Waals surface area (Å²) >= 11 is 0. The lowest BCUT2D eigenvalue weighted by Crippen LogP contribution is -2.49. The summed E-state index contributed by atoms with van der Waals surface area (Å²) < 4.78 is 77.9. The van der Waals surface area contributed by atoms with E-state index >= 15 is 0 Å². The van der Waals surface area contributed by atoms with Gasteiger partial charge in [0, 0.05) is 31.7 Å². The molecule has 1 saturated heterocycles. The van der Waals surface area contributed by atoms with Crippen molar-refractivity contribution < 1.29 is 31.1 Å². The van der Waals surface area contributed by atoms with E-state index in [0.717, 1.165) is 18.2 Å². The molecule has 5 nitrogen and oxygen atoms in total. The Balaban J connectivity index is 1.41. The van der Waals surface area contributed by atoms with Crippen molar-refractivity contribution in [1.29, 1.82) is 0 Å². The fourth-order valence-corrected chi connectivity index (χ4v) is 3.70. The van der Waals surface area contributed by atoms with Crippen molar-refractivity contribution in [2.45, 2.75) is 12.4 Å². The fourth-order valence-electron chi connectivity index (χ4n) is 3.70. The van der Waals surface area contributed by atoms with E-state index in [0.29, 0.717) is 30.2 Å². The average molecular weight is 480 g/mol. The van der Waals surface area contributed by atoms with Crippen molar-refractivity contribution >= 4 is 11.7 Å². The Kier molecular flexibility index (Phi) is 6.20. The standard InChI is InChI=1S/C23H18F6N4O/c24-22(25,26)16-7-5-15(6-8-16)19-9-10-20(31-30-19)32-11-13-33(14-12-32)21(34)17-3-1-2-4-18(17)23(27,28)29/h1-10H,11-14H2. The average Bonchev–Trinajstić information content (AvgIpc) is 2.83. The minimum Gasteiger partial charge on any atom is -0.352 e. The summed E-state index contributed by atoms with van der Waals surface area (Å²) in [6.07, 6.45) is -9.05. The number of carbonyl (C=O) groups excluding carboxylic acids is 1. The van der Waals surface area contributed by atoms with Crippen LogP contribution in [0.2, 0.25) is 0 Å². The first-order valence-corrected chi connectivity index (χ1v) is 10.3. The molecule has 0 bridgehead atoms. The summed E-state index contributed by atoms with van der Waals surface area (Å²) in [5, 5.41) is 8.20. The smallest absolute Gasteiger partial charge is 0.352 e. The van der Waals surface area contributed by atoms with Crippen LogP contribution in [0.1, 0.15) is 21.5 Å². The summed E-state index contributed by atoms with van der Waals surface area (Å²) in [5.41, 5.74) is -1.23. The minimum absolute atomic E-state index is 0.202. The molecular weight excluding hydrogens is 462 g/mol. The maximum absolute atomic E-state index is 13.2. The Morgan fingerprint density at radius 3 is 1.94 bits per heavy atom. The van der Waals surface area contributed by atoms with E-state index in [-0.39, 0.29) is 18.7 Å². The highest BCUT2D eigenvalue weighted by molar-refractivity contribution is 5.96. The lowest BCUT2D eigenvalue weighted by Gasteiger charge is -2.35. The summed E-state index contributed by atoms with van der Waals surface area (Å²) in [6, 6.07) is 12.6. The molecule has 1 aliphatic heterocycles. The van der Waals surface area contributed by atoms with Crippen LogP contribution < -0.4 is 4.90 Å². The van der Waals surface area contributed by atoms with Gasteiger partial charge in [0.1, 0.15) is 0 Å². The van der Waals surface area contributed by atoms with E-state index in [9.17, 15) is 31.1 Å². The second kappa shape index (κ2) is 8.96. The summed E-state index contributed by atoms with van der Waals surface area (Å²) in [7, 11) is 0. The highest BCUT2D eigenvalue weighted by Crippen LogP contribution is 2.33. The number of rotatable bonds is 3. The Morgan fingerprint density at radius 2 is 1.38 bits per heavy atom. The topological polar surface area (TPSA) is 49.3 Å². The van der Waals surface area contributed by atoms with Crippen molar-refractivity contribution in [1.82, 2.24) is 15.1 Å². The summed E-state index contributed by atoms with van der Waals surface area (Å²) in [4.78, 5) is 15.9. The molecule has 0 saturated carbocycles. The molecule has 1 fully saturated rings. The lowest BCUT2D eigenvalue weighted by molar-refractivity contribution is -0.138. The van der Waals surface area contributed by atoms with E-state index in [4.69, 9.17) is 0 Å². The lowest BCUT2D eigenvalue weighted by atomic mass is 10.1. The van der Waals surface area contributed by atoms with Gasteiger partial charge in [-0.3, -0.25) is 4.79 Å². The van der Waals surface area contributed by atoms with Crippen LogP contribution in [0.25, 0.3) is 11.3 Å². The molecule has 1 aliphatic rings. The maximum atomic E-state index is 13.2. The quantitative estimate of drug-likeness (QED) is 0.487. The second-order valence-electron chi connectivity index (χ2n) is 7.67. The molecule has 0 unspecified atom stereocenters. The molecule has 178 valence electrons. The number of anilines is 1. The van der Waals surface area contributed by atoms with Gasteiger partial charge in [-0.05, 0) is 36.4 Å². The van der Waals surface area contributed by atoms with Gasteiger partial charge in [-0.15, -0.1) is 10.2 Å². The van der Waals surface area contributed by atoms with Crippen molar-refractivity contribution in [3.63, 3.8) is 0 Å². The largest absolute Gasteiger partial charge is 0.417 e. The van der Waals surface area contributed by atoms with Crippen molar-refractivity contribution in [3.8, 4) is 11.3 Å².